The number of amides is 1. The number of nitro benzene ring substituents is 1. The minimum absolute atomic E-state index is 0.0108. The maximum atomic E-state index is 13.2. The summed E-state index contributed by atoms with van der Waals surface area (Å²) >= 11 is 5.94. The third-order valence-electron chi connectivity index (χ3n) is 5.98. The molecular formula is C23H21ClN2O6. The molecule has 1 amide bonds. The van der Waals surface area contributed by atoms with E-state index in [0.717, 1.165) is 5.56 Å². The van der Waals surface area contributed by atoms with Gasteiger partial charge in [-0.05, 0) is 41.7 Å². The van der Waals surface area contributed by atoms with Crippen molar-refractivity contribution in [1.29, 1.82) is 0 Å². The van der Waals surface area contributed by atoms with E-state index >= 15 is 0 Å². The van der Waals surface area contributed by atoms with Crippen LogP contribution in [0.5, 0.6) is 11.5 Å². The maximum absolute atomic E-state index is 13.2. The standard InChI is InChI=1S/C23H21ClN2O6/c1-31-20-6-4-12(10-21(20)32-2)14-7-17-23(19(27)9-14)15(11-22(28)25-17)13-3-5-16(24)18(8-13)26(29)30/h3-6,8,10,14-15H,7,9,11H2,1-2H3,(H,25,28)/t14-,15+/m1/s1. The van der Waals surface area contributed by atoms with Gasteiger partial charge >= 0.3 is 0 Å². The van der Waals surface area contributed by atoms with Crippen molar-refractivity contribution in [2.24, 2.45) is 0 Å². The molecule has 0 spiro atoms. The number of hydrogen-bond acceptors (Lipinski definition) is 6. The molecule has 0 radical (unpaired) electrons. The molecule has 0 saturated carbocycles. The minimum Gasteiger partial charge on any atom is -0.493 e. The Bertz CT molecular complexity index is 1160. The van der Waals surface area contributed by atoms with Gasteiger partial charge in [0, 0.05) is 36.1 Å². The molecule has 32 heavy (non-hydrogen) atoms. The number of rotatable bonds is 5. The number of ketones is 1. The summed E-state index contributed by atoms with van der Waals surface area (Å²) in [7, 11) is 3.10. The molecular weight excluding hydrogens is 436 g/mol. The van der Waals surface area contributed by atoms with Crippen molar-refractivity contribution < 1.29 is 24.0 Å². The Kier molecular flexibility index (Phi) is 5.88. The van der Waals surface area contributed by atoms with Crippen LogP contribution in [0.15, 0.2) is 47.7 Å². The molecule has 1 heterocycles. The smallest absolute Gasteiger partial charge is 0.288 e. The molecule has 0 saturated heterocycles. The summed E-state index contributed by atoms with van der Waals surface area (Å²) in [5, 5.41) is 14.2. The van der Waals surface area contributed by atoms with Gasteiger partial charge in [-0.25, -0.2) is 0 Å². The summed E-state index contributed by atoms with van der Waals surface area (Å²) in [5.74, 6) is 0.152. The molecule has 166 valence electrons. The van der Waals surface area contributed by atoms with Crippen molar-refractivity contribution in [1.82, 2.24) is 5.32 Å². The van der Waals surface area contributed by atoms with Crippen LogP contribution in [0.3, 0.4) is 0 Å². The van der Waals surface area contributed by atoms with Crippen LogP contribution in [0.1, 0.15) is 42.2 Å². The normalized spacial score (nSPS) is 20.5. The number of allylic oxidation sites excluding steroid dienone is 2. The predicted molar refractivity (Wildman–Crippen MR) is 117 cm³/mol. The number of Topliss-reactive ketones (excluding diaryl/α,β-unsaturated/α-hetero) is 1. The monoisotopic (exact) mass is 456 g/mol. The fraction of sp³-hybridized carbons (Fsp3) is 0.304. The van der Waals surface area contributed by atoms with Gasteiger partial charge in [-0.3, -0.25) is 19.7 Å². The summed E-state index contributed by atoms with van der Waals surface area (Å²) in [6.07, 6.45) is 0.773. The van der Waals surface area contributed by atoms with Crippen molar-refractivity contribution in [3.63, 3.8) is 0 Å². The molecule has 0 bridgehead atoms. The van der Waals surface area contributed by atoms with Gasteiger partial charge in [-0.15, -0.1) is 0 Å². The zero-order valence-electron chi connectivity index (χ0n) is 17.5. The zero-order valence-corrected chi connectivity index (χ0v) is 18.3. The first-order valence-corrected chi connectivity index (χ1v) is 10.4. The highest BCUT2D eigenvalue weighted by Crippen LogP contribution is 2.44. The molecule has 0 unspecified atom stereocenters. The number of carbonyl (C=O) groups excluding carboxylic acids is 2. The molecule has 0 aromatic heterocycles. The lowest BCUT2D eigenvalue weighted by molar-refractivity contribution is -0.384. The van der Waals surface area contributed by atoms with E-state index < -0.39 is 10.8 Å². The molecule has 9 heteroatoms. The van der Waals surface area contributed by atoms with Crippen LogP contribution in [-0.4, -0.2) is 30.8 Å². The van der Waals surface area contributed by atoms with Crippen LogP contribution in [0, 0.1) is 10.1 Å². The van der Waals surface area contributed by atoms with E-state index in [9.17, 15) is 19.7 Å². The van der Waals surface area contributed by atoms with E-state index in [0.29, 0.717) is 34.8 Å². The third kappa shape index (κ3) is 3.93. The van der Waals surface area contributed by atoms with E-state index in [-0.39, 0.29) is 41.2 Å². The molecule has 2 atom stereocenters. The zero-order chi connectivity index (χ0) is 23.0. The Balaban J connectivity index is 1.71. The number of hydrogen-bond donors (Lipinski definition) is 1. The van der Waals surface area contributed by atoms with Gasteiger partial charge in [0.2, 0.25) is 5.91 Å². The number of benzene rings is 2. The average Bonchev–Trinajstić information content (AvgIpc) is 2.77. The molecule has 1 aliphatic heterocycles. The summed E-state index contributed by atoms with van der Waals surface area (Å²) in [5.41, 5.74) is 2.27. The predicted octanol–water partition coefficient (Wildman–Crippen LogP) is 4.27. The number of nitrogens with zero attached hydrogens (tertiary/aromatic N) is 1. The number of nitro groups is 1. The third-order valence-corrected chi connectivity index (χ3v) is 6.30. The van der Waals surface area contributed by atoms with Crippen LogP contribution in [0.2, 0.25) is 5.02 Å². The Labute approximate surface area is 189 Å². The van der Waals surface area contributed by atoms with Crippen molar-refractivity contribution >= 4 is 29.0 Å². The Morgan fingerprint density at radius 1 is 1.00 bits per heavy atom. The van der Waals surface area contributed by atoms with Gasteiger partial charge in [0.05, 0.1) is 19.1 Å². The highest BCUT2D eigenvalue weighted by molar-refractivity contribution is 6.32. The van der Waals surface area contributed by atoms with Gasteiger partial charge in [-0.1, -0.05) is 23.7 Å². The van der Waals surface area contributed by atoms with E-state index in [4.69, 9.17) is 21.1 Å². The number of halogens is 1. The van der Waals surface area contributed by atoms with Crippen LogP contribution in [-0.2, 0) is 9.59 Å². The second kappa shape index (κ2) is 8.63. The first kappa shape index (κ1) is 21.8. The molecule has 8 nitrogen and oxygen atoms in total. The van der Waals surface area contributed by atoms with E-state index in [1.807, 2.05) is 12.1 Å². The molecule has 0 fully saturated rings. The number of nitrogens with one attached hydrogen (secondary N) is 1. The van der Waals surface area contributed by atoms with E-state index in [1.54, 1.807) is 26.4 Å². The molecule has 2 aromatic rings. The summed E-state index contributed by atoms with van der Waals surface area (Å²) < 4.78 is 10.7. The summed E-state index contributed by atoms with van der Waals surface area (Å²) in [6.45, 7) is 0. The van der Waals surface area contributed by atoms with Gasteiger partial charge in [-0.2, -0.15) is 0 Å². The summed E-state index contributed by atoms with van der Waals surface area (Å²) in [6, 6.07) is 9.93. The van der Waals surface area contributed by atoms with E-state index in [2.05, 4.69) is 5.32 Å². The van der Waals surface area contributed by atoms with Crippen LogP contribution >= 0.6 is 11.6 Å². The highest BCUT2D eigenvalue weighted by atomic mass is 35.5. The lowest BCUT2D eigenvalue weighted by atomic mass is 9.73. The largest absolute Gasteiger partial charge is 0.493 e. The number of methoxy groups -OCH3 is 2. The van der Waals surface area contributed by atoms with Crippen molar-refractivity contribution in [3.05, 3.63) is 73.9 Å². The van der Waals surface area contributed by atoms with Gasteiger partial charge < -0.3 is 14.8 Å². The topological polar surface area (TPSA) is 108 Å². The second-order valence-electron chi connectivity index (χ2n) is 7.81. The number of carbonyl (C=O) groups is 2. The Morgan fingerprint density at radius 3 is 2.41 bits per heavy atom. The molecule has 2 aliphatic rings. The molecule has 4 rings (SSSR count). The lowest BCUT2D eigenvalue weighted by Gasteiger charge is -2.34. The molecule has 1 aliphatic carbocycles. The second-order valence-corrected chi connectivity index (χ2v) is 8.22. The lowest BCUT2D eigenvalue weighted by Crippen LogP contribution is -2.38. The quantitative estimate of drug-likeness (QED) is 0.531. The van der Waals surface area contributed by atoms with Crippen molar-refractivity contribution in [2.75, 3.05) is 14.2 Å². The van der Waals surface area contributed by atoms with Gasteiger partial charge in [0.15, 0.2) is 17.3 Å². The highest BCUT2D eigenvalue weighted by Gasteiger charge is 2.39. The molecule has 2 aromatic carbocycles. The first-order valence-electron chi connectivity index (χ1n) is 10.0. The van der Waals surface area contributed by atoms with E-state index in [1.165, 1.54) is 12.1 Å². The Hall–Kier alpha value is -3.39. The van der Waals surface area contributed by atoms with Gasteiger partial charge in [0.1, 0.15) is 5.02 Å². The van der Waals surface area contributed by atoms with Crippen molar-refractivity contribution in [3.8, 4) is 11.5 Å². The van der Waals surface area contributed by atoms with Crippen LogP contribution in [0.25, 0.3) is 0 Å². The van der Waals surface area contributed by atoms with Crippen LogP contribution in [0.4, 0.5) is 5.69 Å². The maximum Gasteiger partial charge on any atom is 0.288 e. The van der Waals surface area contributed by atoms with Crippen molar-refractivity contribution in [2.45, 2.75) is 31.1 Å². The summed E-state index contributed by atoms with van der Waals surface area (Å²) in [4.78, 5) is 36.4. The fourth-order valence-electron chi connectivity index (χ4n) is 4.47. The number of ether oxygens (including phenoxy) is 2. The Morgan fingerprint density at radius 2 is 1.72 bits per heavy atom. The fourth-order valence-corrected chi connectivity index (χ4v) is 4.66. The van der Waals surface area contributed by atoms with Gasteiger partial charge in [0.25, 0.3) is 5.69 Å². The molecule has 1 N–H and O–H groups in total. The average molecular weight is 457 g/mol. The first-order chi connectivity index (χ1) is 15.3. The van der Waals surface area contributed by atoms with Crippen LogP contribution < -0.4 is 14.8 Å². The minimum atomic E-state index is -0.570. The SMILES string of the molecule is COc1ccc([C@H]2CC(=O)C3=C(C2)NC(=O)C[C@H]3c2ccc(Cl)c([N+](=O)[O-])c2)cc1OC.